The third kappa shape index (κ3) is 4.22. The van der Waals surface area contributed by atoms with Gasteiger partial charge in [0.25, 0.3) is 0 Å². The average molecular weight is 331 g/mol. The van der Waals surface area contributed by atoms with E-state index in [4.69, 9.17) is 0 Å². The van der Waals surface area contributed by atoms with Crippen LogP contribution in [0.25, 0.3) is 0 Å². The van der Waals surface area contributed by atoms with Crippen LogP contribution in [0.4, 0.5) is 0 Å². The number of aryl methyl sites for hydroxylation is 1. The zero-order chi connectivity index (χ0) is 12.0. The molecule has 4 heteroatoms. The fourth-order valence-corrected chi connectivity index (χ4v) is 1.50. The predicted octanol–water partition coefficient (Wildman–Crippen LogP) is 3.02. The molecule has 0 N–H and O–H groups in total. The first-order chi connectivity index (χ1) is 7.74. The normalized spacial score (nSPS) is 13.8. The first kappa shape index (κ1) is 13.7. The number of rotatable bonds is 2. The second kappa shape index (κ2) is 7.02. The number of hydrogen-bond donors (Lipinski definition) is 0. The Morgan fingerprint density at radius 1 is 1.19 bits per heavy atom. The SMILES string of the molecule is Cc1ccc(CN2C=CN(C)[CH-]2)cc1.[Cl][Ag]. The second-order valence-electron chi connectivity index (χ2n) is 3.74. The third-order valence-corrected chi connectivity index (χ3v) is 2.31. The van der Waals surface area contributed by atoms with Crippen LogP contribution in [0.5, 0.6) is 0 Å². The van der Waals surface area contributed by atoms with Gasteiger partial charge in [0.05, 0.1) is 0 Å². The fourth-order valence-electron chi connectivity index (χ4n) is 1.50. The number of hydrogen-bond acceptors (Lipinski definition) is 2. The molecule has 2 rings (SSSR count). The van der Waals surface area contributed by atoms with Gasteiger partial charge in [-0.3, -0.25) is 0 Å². The standard InChI is InChI=1S/C12H15N2.Ag.ClH/c1-11-3-5-12(6-4-11)9-14-8-7-13(2)10-14;;/h3-8,10H,9H2,1-2H3;;1H/q-1;+1;/p-1. The molecule has 0 bridgehead atoms. The Morgan fingerprint density at radius 2 is 1.81 bits per heavy atom. The van der Waals surface area contributed by atoms with Crippen molar-refractivity contribution < 1.29 is 20.0 Å². The summed E-state index contributed by atoms with van der Waals surface area (Å²) in [5.41, 5.74) is 2.65. The molecule has 1 aromatic rings. The molecule has 0 amide bonds. The van der Waals surface area contributed by atoms with Gasteiger partial charge in [0.2, 0.25) is 0 Å². The van der Waals surface area contributed by atoms with E-state index in [0.717, 1.165) is 6.54 Å². The van der Waals surface area contributed by atoms with Crippen LogP contribution in [0.2, 0.25) is 0 Å². The average Bonchev–Trinajstić information content (AvgIpc) is 2.70. The molecule has 1 aliphatic heterocycles. The number of halogens is 1. The first-order valence-corrected chi connectivity index (χ1v) is 6.83. The maximum atomic E-state index is 4.45. The van der Waals surface area contributed by atoms with E-state index in [1.807, 2.05) is 18.1 Å². The van der Waals surface area contributed by atoms with Crippen molar-refractivity contribution in [3.05, 3.63) is 54.5 Å². The van der Waals surface area contributed by atoms with Crippen LogP contribution in [-0.2, 0) is 26.5 Å². The van der Waals surface area contributed by atoms with Crippen molar-refractivity contribution in [2.45, 2.75) is 13.5 Å². The Bertz CT molecular complexity index is 337. The van der Waals surface area contributed by atoms with E-state index in [1.54, 1.807) is 0 Å². The van der Waals surface area contributed by atoms with Gasteiger partial charge in [0, 0.05) is 6.54 Å². The minimum atomic E-state index is 0.946. The maximum absolute atomic E-state index is 4.45. The van der Waals surface area contributed by atoms with Gasteiger partial charge in [-0.05, 0) is 31.9 Å². The van der Waals surface area contributed by atoms with Crippen molar-refractivity contribution in [3.8, 4) is 0 Å². The Kier molecular flexibility index (Phi) is 5.99. The molecular formula is C12H15AgClN2-. The van der Waals surface area contributed by atoms with Crippen LogP contribution in [0.1, 0.15) is 11.1 Å². The van der Waals surface area contributed by atoms with Crippen molar-refractivity contribution in [2.24, 2.45) is 0 Å². The number of benzene rings is 1. The van der Waals surface area contributed by atoms with Crippen LogP contribution in [-0.4, -0.2) is 16.8 Å². The molecule has 1 heterocycles. The van der Waals surface area contributed by atoms with Crippen molar-refractivity contribution in [1.29, 1.82) is 0 Å². The van der Waals surface area contributed by atoms with Gasteiger partial charge < -0.3 is 9.80 Å². The summed E-state index contributed by atoms with van der Waals surface area (Å²) < 4.78 is 0. The summed E-state index contributed by atoms with van der Waals surface area (Å²) in [4.78, 5) is 4.22. The van der Waals surface area contributed by atoms with Gasteiger partial charge >= 0.3 is 29.2 Å². The topological polar surface area (TPSA) is 6.48 Å². The summed E-state index contributed by atoms with van der Waals surface area (Å²) in [5.74, 6) is 0. The second-order valence-corrected chi connectivity index (χ2v) is 3.74. The molecule has 0 aromatic heterocycles. The summed E-state index contributed by atoms with van der Waals surface area (Å²) in [7, 11) is 6.48. The van der Waals surface area contributed by atoms with Crippen LogP contribution in [0.3, 0.4) is 0 Å². The van der Waals surface area contributed by atoms with E-state index in [-0.39, 0.29) is 0 Å². The van der Waals surface area contributed by atoms with E-state index < -0.39 is 0 Å². The van der Waals surface area contributed by atoms with Crippen LogP contribution < -0.4 is 0 Å². The van der Waals surface area contributed by atoms with E-state index >= 15 is 0 Å². The van der Waals surface area contributed by atoms with E-state index in [1.165, 1.54) is 11.1 Å². The van der Waals surface area contributed by atoms with Crippen molar-refractivity contribution in [3.63, 3.8) is 0 Å². The third-order valence-electron chi connectivity index (χ3n) is 2.31. The Labute approximate surface area is 114 Å². The molecular weight excluding hydrogens is 315 g/mol. The molecule has 0 saturated heterocycles. The van der Waals surface area contributed by atoms with E-state index in [9.17, 15) is 0 Å². The van der Waals surface area contributed by atoms with E-state index in [2.05, 4.69) is 78.1 Å². The van der Waals surface area contributed by atoms with Crippen LogP contribution >= 0.6 is 9.19 Å². The molecule has 1 aromatic carbocycles. The summed E-state index contributed by atoms with van der Waals surface area (Å²) in [5, 5.41) is 0. The van der Waals surface area contributed by atoms with Crippen molar-refractivity contribution >= 4 is 9.19 Å². The summed E-state index contributed by atoms with van der Waals surface area (Å²) in [6.45, 7) is 5.14. The summed E-state index contributed by atoms with van der Waals surface area (Å²) in [6, 6.07) is 8.66. The number of nitrogens with zero attached hydrogens (tertiary/aromatic N) is 2. The minimum absolute atomic E-state index is 0.946. The van der Waals surface area contributed by atoms with Gasteiger partial charge in [0.15, 0.2) is 0 Å². The van der Waals surface area contributed by atoms with Crippen LogP contribution in [0, 0.1) is 13.6 Å². The van der Waals surface area contributed by atoms with Gasteiger partial charge in [-0.1, -0.05) is 29.8 Å². The van der Waals surface area contributed by atoms with Gasteiger partial charge in [-0.25, -0.2) is 0 Å². The quantitative estimate of drug-likeness (QED) is 0.607. The molecule has 2 nitrogen and oxygen atoms in total. The van der Waals surface area contributed by atoms with Crippen LogP contribution in [0.15, 0.2) is 36.7 Å². The van der Waals surface area contributed by atoms with E-state index in [0.29, 0.717) is 0 Å². The summed E-state index contributed by atoms with van der Waals surface area (Å²) >= 11 is 2.42. The van der Waals surface area contributed by atoms with Gasteiger partial charge in [0.1, 0.15) is 0 Å². The Morgan fingerprint density at radius 3 is 2.31 bits per heavy atom. The molecule has 92 valence electrons. The summed E-state index contributed by atoms with van der Waals surface area (Å²) in [6.07, 6.45) is 4.13. The molecule has 0 aliphatic carbocycles. The zero-order valence-electron chi connectivity index (χ0n) is 9.32. The molecule has 16 heavy (non-hydrogen) atoms. The van der Waals surface area contributed by atoms with Crippen molar-refractivity contribution in [2.75, 3.05) is 7.05 Å². The molecule has 0 atom stereocenters. The molecule has 0 unspecified atom stereocenters. The molecule has 0 fully saturated rings. The van der Waals surface area contributed by atoms with Crippen molar-refractivity contribution in [1.82, 2.24) is 9.80 Å². The fraction of sp³-hybridized carbons (Fsp3) is 0.250. The predicted molar refractivity (Wildman–Crippen MR) is 63.8 cm³/mol. The molecule has 0 radical (unpaired) electrons. The first-order valence-electron chi connectivity index (χ1n) is 4.92. The monoisotopic (exact) mass is 329 g/mol. The van der Waals surface area contributed by atoms with Gasteiger partial charge in [-0.2, -0.15) is 6.67 Å². The molecule has 1 aliphatic rings. The molecule has 0 saturated carbocycles. The zero-order valence-corrected chi connectivity index (χ0v) is 11.6. The van der Waals surface area contributed by atoms with Gasteiger partial charge in [-0.15, -0.1) is 0 Å². The Balaban J connectivity index is 0.000000606. The Hall–Kier alpha value is -0.410. The molecule has 0 spiro atoms.